The van der Waals surface area contributed by atoms with Gasteiger partial charge in [0.25, 0.3) is 5.91 Å². The highest BCUT2D eigenvalue weighted by Crippen LogP contribution is 2.21. The number of hydrogen-bond acceptors (Lipinski definition) is 5. The highest BCUT2D eigenvalue weighted by molar-refractivity contribution is 6.30. The first-order valence-electron chi connectivity index (χ1n) is 8.46. The smallest absolute Gasteiger partial charge is 0.276 e. The van der Waals surface area contributed by atoms with Crippen LogP contribution in [0.15, 0.2) is 54.6 Å². The topological polar surface area (TPSA) is 76.1 Å². The number of rotatable bonds is 6. The molecule has 0 saturated carbocycles. The number of aromatic nitrogens is 2. The van der Waals surface area contributed by atoms with Crippen molar-refractivity contribution in [2.75, 3.05) is 17.2 Å². The average molecular weight is 383 g/mol. The van der Waals surface area contributed by atoms with Crippen LogP contribution in [0.2, 0.25) is 5.02 Å². The van der Waals surface area contributed by atoms with Gasteiger partial charge in [-0.3, -0.25) is 4.79 Å². The molecule has 0 atom stereocenters. The standard InChI is InChI=1S/C20H19ClN4O2/c1-3-27-16-7-5-15(6-8-16)22-19-11-10-18(24-25-19)20(26)23-17-9-4-14(21)12-13(17)2/h4-12H,3H2,1-2H3,(H,22,25)(H,23,26). The Morgan fingerprint density at radius 2 is 1.85 bits per heavy atom. The van der Waals surface area contributed by atoms with Crippen LogP contribution in [0.5, 0.6) is 5.75 Å². The fraction of sp³-hybridized carbons (Fsp3) is 0.150. The van der Waals surface area contributed by atoms with E-state index in [0.717, 1.165) is 17.0 Å². The second-order valence-corrected chi connectivity index (χ2v) is 6.24. The fourth-order valence-corrected chi connectivity index (χ4v) is 2.65. The van der Waals surface area contributed by atoms with Crippen molar-refractivity contribution in [2.45, 2.75) is 13.8 Å². The van der Waals surface area contributed by atoms with Crippen LogP contribution in [0.1, 0.15) is 23.0 Å². The van der Waals surface area contributed by atoms with Gasteiger partial charge in [0.05, 0.1) is 6.61 Å². The number of benzene rings is 2. The molecule has 0 aliphatic heterocycles. The van der Waals surface area contributed by atoms with Gasteiger partial charge in [-0.1, -0.05) is 11.6 Å². The molecule has 2 aromatic carbocycles. The van der Waals surface area contributed by atoms with Crippen molar-refractivity contribution < 1.29 is 9.53 Å². The number of nitrogens with one attached hydrogen (secondary N) is 2. The highest BCUT2D eigenvalue weighted by atomic mass is 35.5. The summed E-state index contributed by atoms with van der Waals surface area (Å²) >= 11 is 5.93. The summed E-state index contributed by atoms with van der Waals surface area (Å²) in [6, 6.07) is 16.1. The number of amides is 1. The zero-order valence-electron chi connectivity index (χ0n) is 15.0. The SMILES string of the molecule is CCOc1ccc(Nc2ccc(C(=O)Nc3ccc(Cl)cc3C)nn2)cc1. The van der Waals surface area contributed by atoms with E-state index in [9.17, 15) is 4.79 Å². The van der Waals surface area contributed by atoms with E-state index in [1.807, 2.05) is 38.1 Å². The number of carbonyl (C=O) groups excluding carboxylic acids is 1. The molecule has 0 radical (unpaired) electrons. The van der Waals surface area contributed by atoms with Crippen LogP contribution >= 0.6 is 11.6 Å². The van der Waals surface area contributed by atoms with Gasteiger partial charge in [0.15, 0.2) is 11.5 Å². The van der Waals surface area contributed by atoms with Gasteiger partial charge in [0.2, 0.25) is 0 Å². The van der Waals surface area contributed by atoms with E-state index in [-0.39, 0.29) is 11.6 Å². The number of hydrogen-bond donors (Lipinski definition) is 2. The number of nitrogens with zero attached hydrogens (tertiary/aromatic N) is 2. The Hall–Kier alpha value is -3.12. The van der Waals surface area contributed by atoms with E-state index >= 15 is 0 Å². The lowest BCUT2D eigenvalue weighted by Crippen LogP contribution is -2.15. The molecule has 7 heteroatoms. The van der Waals surface area contributed by atoms with Gasteiger partial charge in [-0.05, 0) is 74.0 Å². The van der Waals surface area contributed by atoms with Gasteiger partial charge < -0.3 is 15.4 Å². The Balaban J connectivity index is 1.64. The number of carbonyl (C=O) groups is 1. The van der Waals surface area contributed by atoms with Crippen LogP contribution in [0, 0.1) is 6.92 Å². The molecule has 3 aromatic rings. The van der Waals surface area contributed by atoms with Gasteiger partial charge in [-0.15, -0.1) is 10.2 Å². The highest BCUT2D eigenvalue weighted by Gasteiger charge is 2.10. The molecule has 1 heterocycles. The van der Waals surface area contributed by atoms with Gasteiger partial charge in [0, 0.05) is 16.4 Å². The molecule has 0 aliphatic rings. The van der Waals surface area contributed by atoms with E-state index in [4.69, 9.17) is 16.3 Å². The van der Waals surface area contributed by atoms with Crippen molar-refractivity contribution in [3.63, 3.8) is 0 Å². The quantitative estimate of drug-likeness (QED) is 0.638. The lowest BCUT2D eigenvalue weighted by Gasteiger charge is -2.09. The summed E-state index contributed by atoms with van der Waals surface area (Å²) in [6.07, 6.45) is 0. The minimum Gasteiger partial charge on any atom is -0.494 e. The third kappa shape index (κ3) is 4.95. The average Bonchev–Trinajstić information content (AvgIpc) is 2.66. The van der Waals surface area contributed by atoms with E-state index in [0.29, 0.717) is 23.1 Å². The monoisotopic (exact) mass is 382 g/mol. The Morgan fingerprint density at radius 1 is 1.07 bits per heavy atom. The molecule has 1 aromatic heterocycles. The van der Waals surface area contributed by atoms with Crippen LogP contribution < -0.4 is 15.4 Å². The third-order valence-electron chi connectivity index (χ3n) is 3.77. The summed E-state index contributed by atoms with van der Waals surface area (Å²) in [5, 5.41) is 14.6. The Morgan fingerprint density at radius 3 is 2.48 bits per heavy atom. The largest absolute Gasteiger partial charge is 0.494 e. The lowest BCUT2D eigenvalue weighted by atomic mass is 10.2. The zero-order valence-corrected chi connectivity index (χ0v) is 15.7. The van der Waals surface area contributed by atoms with Crippen LogP contribution in [-0.2, 0) is 0 Å². The molecule has 6 nitrogen and oxygen atoms in total. The van der Waals surface area contributed by atoms with Crippen LogP contribution in [0.3, 0.4) is 0 Å². The summed E-state index contributed by atoms with van der Waals surface area (Å²) in [5.74, 6) is 1.01. The lowest BCUT2D eigenvalue weighted by molar-refractivity contribution is 0.102. The third-order valence-corrected chi connectivity index (χ3v) is 4.01. The number of halogens is 1. The number of anilines is 3. The second-order valence-electron chi connectivity index (χ2n) is 5.80. The predicted molar refractivity (Wildman–Crippen MR) is 107 cm³/mol. The van der Waals surface area contributed by atoms with Gasteiger partial charge in [0.1, 0.15) is 5.75 Å². The Bertz CT molecular complexity index is 928. The minimum atomic E-state index is -0.333. The fourth-order valence-electron chi connectivity index (χ4n) is 2.42. The van der Waals surface area contributed by atoms with Gasteiger partial charge in [-0.2, -0.15) is 0 Å². The maximum Gasteiger partial charge on any atom is 0.276 e. The number of ether oxygens (including phenoxy) is 1. The number of aryl methyl sites for hydroxylation is 1. The molecular weight excluding hydrogens is 364 g/mol. The van der Waals surface area contributed by atoms with Crippen molar-refractivity contribution in [3.05, 3.63) is 70.9 Å². The summed E-state index contributed by atoms with van der Waals surface area (Å²) < 4.78 is 5.41. The molecular formula is C20H19ClN4O2. The first-order chi connectivity index (χ1) is 13.0. The summed E-state index contributed by atoms with van der Waals surface area (Å²) in [5.41, 5.74) is 2.63. The predicted octanol–water partition coefficient (Wildman–Crippen LogP) is 4.83. The molecule has 0 fully saturated rings. The molecule has 138 valence electrons. The molecule has 27 heavy (non-hydrogen) atoms. The van der Waals surface area contributed by atoms with E-state index in [2.05, 4.69) is 20.8 Å². The van der Waals surface area contributed by atoms with E-state index in [1.165, 1.54) is 0 Å². The first kappa shape index (κ1) is 18.7. The van der Waals surface area contributed by atoms with Crippen molar-refractivity contribution in [1.82, 2.24) is 10.2 Å². The first-order valence-corrected chi connectivity index (χ1v) is 8.84. The molecule has 0 unspecified atom stereocenters. The summed E-state index contributed by atoms with van der Waals surface area (Å²) in [6.45, 7) is 4.43. The molecule has 2 N–H and O–H groups in total. The summed E-state index contributed by atoms with van der Waals surface area (Å²) in [7, 11) is 0. The van der Waals surface area contributed by atoms with Gasteiger partial charge >= 0.3 is 0 Å². The molecule has 0 bridgehead atoms. The van der Waals surface area contributed by atoms with Crippen molar-refractivity contribution >= 4 is 34.7 Å². The maximum atomic E-state index is 12.3. The maximum absolute atomic E-state index is 12.3. The summed E-state index contributed by atoms with van der Waals surface area (Å²) in [4.78, 5) is 12.3. The molecule has 0 saturated heterocycles. The van der Waals surface area contributed by atoms with Crippen LogP contribution in [0.25, 0.3) is 0 Å². The van der Waals surface area contributed by atoms with Gasteiger partial charge in [-0.25, -0.2) is 0 Å². The van der Waals surface area contributed by atoms with E-state index in [1.54, 1.807) is 30.3 Å². The Kier molecular flexibility index (Phi) is 5.88. The molecule has 0 aliphatic carbocycles. The molecule has 1 amide bonds. The molecule has 0 spiro atoms. The normalized spacial score (nSPS) is 10.3. The van der Waals surface area contributed by atoms with Crippen molar-refractivity contribution in [2.24, 2.45) is 0 Å². The second kappa shape index (κ2) is 8.51. The van der Waals surface area contributed by atoms with Crippen LogP contribution in [-0.4, -0.2) is 22.7 Å². The Labute approximate surface area is 162 Å². The van der Waals surface area contributed by atoms with E-state index < -0.39 is 0 Å². The van der Waals surface area contributed by atoms with Crippen LogP contribution in [0.4, 0.5) is 17.2 Å². The zero-order chi connectivity index (χ0) is 19.2. The van der Waals surface area contributed by atoms with Crippen molar-refractivity contribution in [3.8, 4) is 5.75 Å². The van der Waals surface area contributed by atoms with Crippen molar-refractivity contribution in [1.29, 1.82) is 0 Å². The molecule has 3 rings (SSSR count). The minimum absolute atomic E-state index is 0.224.